The summed E-state index contributed by atoms with van der Waals surface area (Å²) in [6.45, 7) is 5.28. The monoisotopic (exact) mass is 222 g/mol. The lowest BCUT2D eigenvalue weighted by molar-refractivity contribution is 0.0869. The van der Waals surface area contributed by atoms with Gasteiger partial charge >= 0.3 is 0 Å². The molecule has 0 aliphatic rings. The largest absolute Gasteiger partial charge is 0.399 e. The summed E-state index contributed by atoms with van der Waals surface area (Å²) in [4.78, 5) is 11.8. The molecule has 0 saturated heterocycles. The molecule has 0 spiro atoms. The summed E-state index contributed by atoms with van der Waals surface area (Å²) in [5, 5.41) is 11.8. The fourth-order valence-electron chi connectivity index (χ4n) is 1.36. The van der Waals surface area contributed by atoms with E-state index in [4.69, 9.17) is 10.8 Å². The van der Waals surface area contributed by atoms with E-state index in [0.717, 1.165) is 5.56 Å². The molecule has 0 fully saturated rings. The first-order valence-corrected chi connectivity index (χ1v) is 5.14. The topological polar surface area (TPSA) is 75.4 Å². The van der Waals surface area contributed by atoms with Crippen LogP contribution in [0.3, 0.4) is 0 Å². The maximum absolute atomic E-state index is 11.8. The minimum atomic E-state index is -0.629. The highest BCUT2D eigenvalue weighted by Crippen LogP contribution is 2.12. The summed E-state index contributed by atoms with van der Waals surface area (Å²) >= 11 is 0. The standard InChI is InChI=1S/C12H18N2O2/c1-8-4-9(6-10(13)5-8)11(16)14-12(2,3)7-15/h4-6,15H,7,13H2,1-3H3,(H,14,16). The average Bonchev–Trinajstić information content (AvgIpc) is 2.15. The summed E-state index contributed by atoms with van der Waals surface area (Å²) in [5.74, 6) is -0.227. The molecule has 88 valence electrons. The quantitative estimate of drug-likeness (QED) is 0.670. The first-order chi connectivity index (χ1) is 7.34. The summed E-state index contributed by atoms with van der Waals surface area (Å²) in [7, 11) is 0. The Kier molecular flexibility index (Phi) is 3.55. The van der Waals surface area contributed by atoms with Crippen molar-refractivity contribution in [1.29, 1.82) is 0 Å². The molecule has 0 aromatic heterocycles. The average molecular weight is 222 g/mol. The summed E-state index contributed by atoms with van der Waals surface area (Å²) < 4.78 is 0. The minimum Gasteiger partial charge on any atom is -0.399 e. The predicted molar refractivity (Wildman–Crippen MR) is 64.2 cm³/mol. The molecular weight excluding hydrogens is 204 g/mol. The van der Waals surface area contributed by atoms with E-state index in [1.165, 1.54) is 0 Å². The first-order valence-electron chi connectivity index (χ1n) is 5.14. The van der Waals surface area contributed by atoms with Gasteiger partial charge in [-0.05, 0) is 44.5 Å². The Labute approximate surface area is 95.5 Å². The van der Waals surface area contributed by atoms with Gasteiger partial charge in [0.1, 0.15) is 0 Å². The number of hydrogen-bond acceptors (Lipinski definition) is 3. The van der Waals surface area contributed by atoms with Crippen molar-refractivity contribution in [2.75, 3.05) is 12.3 Å². The Morgan fingerprint density at radius 1 is 1.44 bits per heavy atom. The first kappa shape index (κ1) is 12.5. The Morgan fingerprint density at radius 3 is 2.56 bits per heavy atom. The van der Waals surface area contributed by atoms with Gasteiger partial charge in [-0.1, -0.05) is 0 Å². The molecule has 4 nitrogen and oxygen atoms in total. The number of carbonyl (C=O) groups excluding carboxylic acids is 1. The van der Waals surface area contributed by atoms with Crippen LogP contribution in [0.4, 0.5) is 5.69 Å². The van der Waals surface area contributed by atoms with Gasteiger partial charge in [0.2, 0.25) is 0 Å². The second-order valence-electron chi connectivity index (χ2n) is 4.63. The maximum Gasteiger partial charge on any atom is 0.251 e. The third-order valence-electron chi connectivity index (χ3n) is 2.21. The van der Waals surface area contributed by atoms with Crippen LogP contribution in [0.2, 0.25) is 0 Å². The normalized spacial score (nSPS) is 11.2. The van der Waals surface area contributed by atoms with Gasteiger partial charge in [-0.3, -0.25) is 4.79 Å². The minimum absolute atomic E-state index is 0.111. The molecule has 4 N–H and O–H groups in total. The molecule has 0 saturated carbocycles. The molecule has 16 heavy (non-hydrogen) atoms. The van der Waals surface area contributed by atoms with Crippen LogP contribution in [0.5, 0.6) is 0 Å². The zero-order valence-corrected chi connectivity index (χ0v) is 9.87. The van der Waals surface area contributed by atoms with Crippen molar-refractivity contribution in [1.82, 2.24) is 5.32 Å². The van der Waals surface area contributed by atoms with Crippen LogP contribution >= 0.6 is 0 Å². The molecule has 0 bridgehead atoms. The maximum atomic E-state index is 11.8. The highest BCUT2D eigenvalue weighted by Gasteiger charge is 2.20. The van der Waals surface area contributed by atoms with Gasteiger partial charge in [0.25, 0.3) is 5.91 Å². The fourth-order valence-corrected chi connectivity index (χ4v) is 1.36. The van der Waals surface area contributed by atoms with Crippen molar-refractivity contribution >= 4 is 11.6 Å². The van der Waals surface area contributed by atoms with Gasteiger partial charge in [0, 0.05) is 11.3 Å². The molecular formula is C12H18N2O2. The van der Waals surface area contributed by atoms with Crippen LogP contribution in [0, 0.1) is 6.92 Å². The lowest BCUT2D eigenvalue weighted by atomic mass is 10.0. The van der Waals surface area contributed by atoms with Gasteiger partial charge in [-0.25, -0.2) is 0 Å². The molecule has 0 radical (unpaired) electrons. The molecule has 1 rings (SSSR count). The number of benzene rings is 1. The van der Waals surface area contributed by atoms with E-state index in [-0.39, 0.29) is 12.5 Å². The number of rotatable bonds is 3. The number of nitrogens with one attached hydrogen (secondary N) is 1. The second-order valence-corrected chi connectivity index (χ2v) is 4.63. The fraction of sp³-hybridized carbons (Fsp3) is 0.417. The molecule has 1 aromatic rings. The molecule has 0 atom stereocenters. The molecule has 0 heterocycles. The van der Waals surface area contributed by atoms with E-state index in [1.54, 1.807) is 32.0 Å². The van der Waals surface area contributed by atoms with Crippen molar-refractivity contribution in [3.8, 4) is 0 Å². The van der Waals surface area contributed by atoms with Gasteiger partial charge in [-0.15, -0.1) is 0 Å². The van der Waals surface area contributed by atoms with Gasteiger partial charge in [0.05, 0.1) is 12.1 Å². The van der Waals surface area contributed by atoms with Crippen molar-refractivity contribution in [3.05, 3.63) is 29.3 Å². The predicted octanol–water partition coefficient (Wildman–Crippen LogP) is 1.08. The lowest BCUT2D eigenvalue weighted by Gasteiger charge is -2.23. The number of aliphatic hydroxyl groups is 1. The number of carbonyl (C=O) groups is 1. The lowest BCUT2D eigenvalue weighted by Crippen LogP contribution is -2.46. The SMILES string of the molecule is Cc1cc(N)cc(C(=O)NC(C)(C)CO)c1. The van der Waals surface area contributed by atoms with Gasteiger partial charge < -0.3 is 16.2 Å². The Morgan fingerprint density at radius 2 is 2.06 bits per heavy atom. The van der Waals surface area contributed by atoms with Crippen molar-refractivity contribution in [2.24, 2.45) is 0 Å². The Hall–Kier alpha value is -1.55. The second kappa shape index (κ2) is 4.53. The van der Waals surface area contributed by atoms with Crippen LogP contribution < -0.4 is 11.1 Å². The molecule has 1 amide bonds. The number of aliphatic hydroxyl groups excluding tert-OH is 1. The number of nitrogens with two attached hydrogens (primary N) is 1. The molecule has 0 unspecified atom stereocenters. The van der Waals surface area contributed by atoms with Crippen LogP contribution in [-0.4, -0.2) is 23.2 Å². The number of anilines is 1. The van der Waals surface area contributed by atoms with Crippen molar-refractivity contribution < 1.29 is 9.90 Å². The van der Waals surface area contributed by atoms with E-state index in [0.29, 0.717) is 11.3 Å². The number of amides is 1. The smallest absolute Gasteiger partial charge is 0.251 e. The van der Waals surface area contributed by atoms with E-state index in [2.05, 4.69) is 5.32 Å². The van der Waals surface area contributed by atoms with Crippen molar-refractivity contribution in [2.45, 2.75) is 26.3 Å². The van der Waals surface area contributed by atoms with E-state index >= 15 is 0 Å². The van der Waals surface area contributed by atoms with Gasteiger partial charge in [-0.2, -0.15) is 0 Å². The molecule has 4 heteroatoms. The summed E-state index contributed by atoms with van der Waals surface area (Å²) in [5.41, 5.74) is 7.05. The summed E-state index contributed by atoms with van der Waals surface area (Å²) in [6, 6.07) is 5.18. The molecule has 0 aliphatic carbocycles. The molecule has 0 aliphatic heterocycles. The van der Waals surface area contributed by atoms with Crippen molar-refractivity contribution in [3.63, 3.8) is 0 Å². The molecule has 1 aromatic carbocycles. The third kappa shape index (κ3) is 3.24. The summed E-state index contributed by atoms with van der Waals surface area (Å²) in [6.07, 6.45) is 0. The van der Waals surface area contributed by atoms with Crippen LogP contribution in [0.1, 0.15) is 29.8 Å². The Balaban J connectivity index is 2.89. The van der Waals surface area contributed by atoms with Crippen LogP contribution in [0.25, 0.3) is 0 Å². The van der Waals surface area contributed by atoms with E-state index < -0.39 is 5.54 Å². The van der Waals surface area contributed by atoms with E-state index in [9.17, 15) is 4.79 Å². The highest BCUT2D eigenvalue weighted by molar-refractivity contribution is 5.95. The van der Waals surface area contributed by atoms with Crippen LogP contribution in [0.15, 0.2) is 18.2 Å². The number of aryl methyl sites for hydroxylation is 1. The third-order valence-corrected chi connectivity index (χ3v) is 2.21. The highest BCUT2D eigenvalue weighted by atomic mass is 16.3. The number of hydrogen-bond donors (Lipinski definition) is 3. The van der Waals surface area contributed by atoms with Crippen LogP contribution in [-0.2, 0) is 0 Å². The van der Waals surface area contributed by atoms with E-state index in [1.807, 2.05) is 6.92 Å². The van der Waals surface area contributed by atoms with Gasteiger partial charge in [0.15, 0.2) is 0 Å². The Bertz CT molecular complexity index is 380. The zero-order chi connectivity index (χ0) is 12.3. The zero-order valence-electron chi connectivity index (χ0n) is 9.87. The number of nitrogen functional groups attached to an aromatic ring is 1.